The third-order valence-corrected chi connectivity index (χ3v) is 5.33. The Morgan fingerprint density at radius 3 is 2.43 bits per heavy atom. The number of piperazine rings is 1. The first-order valence-electron chi connectivity index (χ1n) is 10.2. The molecule has 1 amide bonds. The van der Waals surface area contributed by atoms with Crippen molar-refractivity contribution in [3.05, 3.63) is 35.4 Å². The van der Waals surface area contributed by atoms with Gasteiger partial charge in [0.1, 0.15) is 6.10 Å². The van der Waals surface area contributed by atoms with Gasteiger partial charge in [0, 0.05) is 39.3 Å². The van der Waals surface area contributed by atoms with E-state index >= 15 is 0 Å². The molecule has 1 atom stereocenters. The van der Waals surface area contributed by atoms with Crippen LogP contribution in [0.3, 0.4) is 0 Å². The highest BCUT2D eigenvalue weighted by Gasteiger charge is 2.30. The van der Waals surface area contributed by atoms with Crippen molar-refractivity contribution < 1.29 is 9.53 Å². The van der Waals surface area contributed by atoms with E-state index in [4.69, 9.17) is 9.73 Å². The molecule has 0 aliphatic carbocycles. The predicted octanol–water partition coefficient (Wildman–Crippen LogP) is 2.66. The number of carbonyl (C=O) groups is 1. The molecule has 156 valence electrons. The Labute approximate surface area is 185 Å². The highest BCUT2D eigenvalue weighted by atomic mass is 127. The summed E-state index contributed by atoms with van der Waals surface area (Å²) < 4.78 is 5.55. The van der Waals surface area contributed by atoms with Crippen LogP contribution in [0.1, 0.15) is 37.8 Å². The molecule has 0 radical (unpaired) electrons. The van der Waals surface area contributed by atoms with Crippen LogP contribution in [0, 0.1) is 0 Å². The Balaban J connectivity index is 0.00000280. The number of ether oxygens (including phenoxy) is 1. The molecule has 2 heterocycles. The van der Waals surface area contributed by atoms with Crippen molar-refractivity contribution in [2.24, 2.45) is 4.99 Å². The van der Waals surface area contributed by atoms with Crippen LogP contribution in [0.2, 0.25) is 0 Å². The van der Waals surface area contributed by atoms with Gasteiger partial charge in [0.05, 0.1) is 6.54 Å². The molecule has 0 bridgehead atoms. The molecule has 7 heteroatoms. The van der Waals surface area contributed by atoms with Gasteiger partial charge in [-0.05, 0) is 37.3 Å². The quantitative estimate of drug-likeness (QED) is 0.384. The van der Waals surface area contributed by atoms with Crippen LogP contribution < -0.4 is 5.32 Å². The van der Waals surface area contributed by atoms with Crippen molar-refractivity contribution in [1.29, 1.82) is 0 Å². The molecule has 2 aliphatic heterocycles. The molecule has 1 N–H and O–H groups in total. The Kier molecular flexibility index (Phi) is 9.50. The summed E-state index contributed by atoms with van der Waals surface area (Å²) in [5.41, 5.74) is 2.63. The van der Waals surface area contributed by atoms with Gasteiger partial charge < -0.3 is 19.9 Å². The molecular weight excluding hydrogens is 467 g/mol. The molecule has 2 aliphatic rings. The first-order chi connectivity index (χ1) is 13.2. The number of carbonyl (C=O) groups excluding carboxylic acids is 1. The molecular formula is C21H33IN4O2. The zero-order valence-corrected chi connectivity index (χ0v) is 19.4. The smallest absolute Gasteiger partial charge is 0.251 e. The van der Waals surface area contributed by atoms with Gasteiger partial charge in [-0.2, -0.15) is 0 Å². The van der Waals surface area contributed by atoms with Crippen LogP contribution in [-0.4, -0.2) is 67.1 Å². The molecule has 28 heavy (non-hydrogen) atoms. The van der Waals surface area contributed by atoms with Gasteiger partial charge in [0.2, 0.25) is 0 Å². The number of benzene rings is 1. The highest BCUT2D eigenvalue weighted by Crippen LogP contribution is 2.16. The Hall–Kier alpha value is -1.35. The zero-order valence-electron chi connectivity index (χ0n) is 17.0. The average Bonchev–Trinajstić information content (AvgIpc) is 3.26. The molecule has 0 spiro atoms. The van der Waals surface area contributed by atoms with Crippen molar-refractivity contribution in [1.82, 2.24) is 15.1 Å². The molecule has 1 unspecified atom stereocenters. The van der Waals surface area contributed by atoms with E-state index in [1.165, 1.54) is 11.1 Å². The summed E-state index contributed by atoms with van der Waals surface area (Å²) in [4.78, 5) is 21.6. The van der Waals surface area contributed by atoms with Crippen LogP contribution in [0.5, 0.6) is 0 Å². The number of hydrogen-bond donors (Lipinski definition) is 1. The summed E-state index contributed by atoms with van der Waals surface area (Å²) in [6.07, 6.45) is 2.66. The lowest BCUT2D eigenvalue weighted by Crippen LogP contribution is -2.55. The number of nitrogens with one attached hydrogen (secondary N) is 1. The van der Waals surface area contributed by atoms with Gasteiger partial charge in [0.15, 0.2) is 5.96 Å². The highest BCUT2D eigenvalue weighted by molar-refractivity contribution is 14.0. The van der Waals surface area contributed by atoms with Crippen molar-refractivity contribution in [3.63, 3.8) is 0 Å². The second kappa shape index (κ2) is 11.6. The van der Waals surface area contributed by atoms with Crippen LogP contribution in [-0.2, 0) is 22.5 Å². The fraction of sp³-hybridized carbons (Fsp3) is 0.619. The molecule has 1 aromatic rings. The van der Waals surface area contributed by atoms with Crippen LogP contribution in [0.15, 0.2) is 29.3 Å². The van der Waals surface area contributed by atoms with Gasteiger partial charge in [-0.15, -0.1) is 24.0 Å². The summed E-state index contributed by atoms with van der Waals surface area (Å²) in [5.74, 6) is 1.10. The van der Waals surface area contributed by atoms with Crippen LogP contribution in [0.4, 0.5) is 0 Å². The Morgan fingerprint density at radius 2 is 1.82 bits per heavy atom. The second-order valence-corrected chi connectivity index (χ2v) is 7.11. The number of amides is 1. The second-order valence-electron chi connectivity index (χ2n) is 7.11. The minimum atomic E-state index is -0.219. The van der Waals surface area contributed by atoms with E-state index in [1.807, 2.05) is 4.90 Å². The number of aryl methyl sites for hydroxylation is 1. The lowest BCUT2D eigenvalue weighted by Gasteiger charge is -2.37. The Bertz CT molecular complexity index is 654. The molecule has 0 aromatic heterocycles. The van der Waals surface area contributed by atoms with Gasteiger partial charge in [-0.3, -0.25) is 4.79 Å². The lowest BCUT2D eigenvalue weighted by atomic mass is 10.1. The van der Waals surface area contributed by atoms with E-state index in [0.717, 1.165) is 57.9 Å². The first-order valence-corrected chi connectivity index (χ1v) is 10.2. The molecule has 6 nitrogen and oxygen atoms in total. The van der Waals surface area contributed by atoms with E-state index in [9.17, 15) is 4.79 Å². The number of nitrogens with zero attached hydrogens (tertiary/aromatic N) is 3. The monoisotopic (exact) mass is 500 g/mol. The fourth-order valence-corrected chi connectivity index (χ4v) is 3.76. The summed E-state index contributed by atoms with van der Waals surface area (Å²) in [6.45, 7) is 9.57. The third kappa shape index (κ3) is 5.83. The Morgan fingerprint density at radius 1 is 1.14 bits per heavy atom. The summed E-state index contributed by atoms with van der Waals surface area (Å²) in [5, 5.41) is 3.41. The number of aliphatic imine (C=N–C) groups is 1. The van der Waals surface area contributed by atoms with Gasteiger partial charge in [0.25, 0.3) is 5.91 Å². The topological polar surface area (TPSA) is 57.2 Å². The zero-order chi connectivity index (χ0) is 19.1. The fourth-order valence-electron chi connectivity index (χ4n) is 3.76. The van der Waals surface area contributed by atoms with Crippen molar-refractivity contribution in [2.75, 3.05) is 39.3 Å². The summed E-state index contributed by atoms with van der Waals surface area (Å²) in [6, 6.07) is 8.49. The first kappa shape index (κ1) is 22.9. The molecule has 2 saturated heterocycles. The van der Waals surface area contributed by atoms with Crippen LogP contribution in [0.25, 0.3) is 0 Å². The largest absolute Gasteiger partial charge is 0.368 e. The standard InChI is InChI=1S/C21H32N4O2.HI/c1-3-17-8-5-6-9-18(17)16-23-21(22-4-2)25-13-11-24(12-14-25)20(26)19-10-7-15-27-19;/h5-6,8-9,19H,3-4,7,10-16H2,1-2H3,(H,22,23);1H. The van der Waals surface area contributed by atoms with Gasteiger partial charge in [-0.25, -0.2) is 4.99 Å². The molecule has 2 fully saturated rings. The molecule has 3 rings (SSSR count). The van der Waals surface area contributed by atoms with Gasteiger partial charge in [-0.1, -0.05) is 31.2 Å². The number of rotatable bonds is 5. The van der Waals surface area contributed by atoms with E-state index < -0.39 is 0 Å². The van der Waals surface area contributed by atoms with E-state index in [1.54, 1.807) is 0 Å². The van der Waals surface area contributed by atoms with Gasteiger partial charge >= 0.3 is 0 Å². The molecule has 0 saturated carbocycles. The maximum Gasteiger partial charge on any atom is 0.251 e. The number of halogens is 1. The third-order valence-electron chi connectivity index (χ3n) is 5.33. The maximum atomic E-state index is 12.5. The number of guanidine groups is 1. The summed E-state index contributed by atoms with van der Waals surface area (Å²) in [7, 11) is 0. The summed E-state index contributed by atoms with van der Waals surface area (Å²) >= 11 is 0. The normalized spacial score (nSPS) is 20.1. The maximum absolute atomic E-state index is 12.5. The van der Waals surface area contributed by atoms with Crippen LogP contribution >= 0.6 is 24.0 Å². The SMILES string of the molecule is CCNC(=NCc1ccccc1CC)N1CCN(C(=O)C2CCCO2)CC1.I. The van der Waals surface area contributed by atoms with E-state index in [2.05, 4.69) is 48.3 Å². The predicted molar refractivity (Wildman–Crippen MR) is 123 cm³/mol. The van der Waals surface area contributed by atoms with Crippen molar-refractivity contribution in [3.8, 4) is 0 Å². The average molecular weight is 500 g/mol. The molecule has 1 aromatic carbocycles. The van der Waals surface area contributed by atoms with Crippen molar-refractivity contribution >= 4 is 35.8 Å². The van der Waals surface area contributed by atoms with E-state index in [-0.39, 0.29) is 36.0 Å². The lowest BCUT2D eigenvalue weighted by molar-refractivity contribution is -0.142. The van der Waals surface area contributed by atoms with E-state index in [0.29, 0.717) is 13.2 Å². The minimum Gasteiger partial charge on any atom is -0.368 e. The van der Waals surface area contributed by atoms with Crippen molar-refractivity contribution in [2.45, 2.75) is 45.8 Å². The number of hydrogen-bond acceptors (Lipinski definition) is 3. The minimum absolute atomic E-state index is 0.